The first kappa shape index (κ1) is 19.8. The summed E-state index contributed by atoms with van der Waals surface area (Å²) in [5.74, 6) is 0. The second kappa shape index (κ2) is 6.83. The fraction of sp³-hybridized carbons (Fsp3) is 0.233. The van der Waals surface area contributed by atoms with Crippen LogP contribution in [0.2, 0.25) is 0 Å². The van der Waals surface area contributed by atoms with Gasteiger partial charge in [0.1, 0.15) is 7.05 Å². The summed E-state index contributed by atoms with van der Waals surface area (Å²) < 4.78 is 2.32. The molecule has 4 aromatic carbocycles. The Bertz CT molecular complexity index is 1570. The van der Waals surface area contributed by atoms with Gasteiger partial charge in [-0.1, -0.05) is 75.0 Å². The Kier molecular flexibility index (Phi) is 4.23. The molecule has 32 heavy (non-hydrogen) atoms. The van der Waals surface area contributed by atoms with Gasteiger partial charge < -0.3 is 0 Å². The smallest absolute Gasteiger partial charge is 0.200 e. The molecule has 0 bridgehead atoms. The van der Waals surface area contributed by atoms with Crippen LogP contribution in [0.3, 0.4) is 0 Å². The molecule has 1 aliphatic heterocycles. The summed E-state index contributed by atoms with van der Waals surface area (Å²) in [4.78, 5) is 2.73. The summed E-state index contributed by atoms with van der Waals surface area (Å²) in [6.45, 7) is 9.23. The van der Waals surface area contributed by atoms with E-state index in [-0.39, 0.29) is 5.41 Å². The lowest BCUT2D eigenvalue weighted by Crippen LogP contribution is -2.31. The van der Waals surface area contributed by atoms with Gasteiger partial charge in [-0.3, -0.25) is 0 Å². The molecule has 0 unspecified atom stereocenters. The number of benzene rings is 4. The fourth-order valence-electron chi connectivity index (χ4n) is 5.39. The van der Waals surface area contributed by atoms with Crippen molar-refractivity contribution in [2.45, 2.75) is 43.9 Å². The van der Waals surface area contributed by atoms with Gasteiger partial charge in [0.05, 0.1) is 10.9 Å². The first-order valence-electron chi connectivity index (χ1n) is 11.4. The zero-order chi connectivity index (χ0) is 22.2. The Morgan fingerprint density at radius 2 is 1.56 bits per heavy atom. The molecule has 0 spiro atoms. The van der Waals surface area contributed by atoms with E-state index in [4.69, 9.17) is 0 Å². The van der Waals surface area contributed by atoms with Crippen molar-refractivity contribution >= 4 is 44.1 Å². The lowest BCUT2D eigenvalue weighted by molar-refractivity contribution is -0.659. The molecule has 0 aliphatic carbocycles. The highest BCUT2D eigenvalue weighted by Crippen LogP contribution is 2.50. The Morgan fingerprint density at radius 3 is 2.38 bits per heavy atom. The van der Waals surface area contributed by atoms with Crippen molar-refractivity contribution in [2.75, 3.05) is 0 Å². The average Bonchev–Trinajstić information content (AvgIpc) is 2.74. The molecule has 0 N–H and O–H groups in total. The minimum Gasteiger partial charge on any atom is -0.200 e. The number of hydrogen-bond acceptors (Lipinski definition) is 1. The third kappa shape index (κ3) is 2.97. The lowest BCUT2D eigenvalue weighted by Gasteiger charge is -2.22. The van der Waals surface area contributed by atoms with Crippen LogP contribution < -0.4 is 4.57 Å². The molecular formula is C30H28NS+. The van der Waals surface area contributed by atoms with Gasteiger partial charge >= 0.3 is 0 Å². The van der Waals surface area contributed by atoms with Gasteiger partial charge in [0.25, 0.3) is 0 Å². The number of aryl methyl sites for hydroxylation is 2. The molecule has 2 heterocycles. The normalized spacial score (nSPS) is 13.2. The van der Waals surface area contributed by atoms with Crippen LogP contribution in [0.25, 0.3) is 43.6 Å². The summed E-state index contributed by atoms with van der Waals surface area (Å²) in [5, 5.41) is 8.13. The molecule has 1 aromatic heterocycles. The highest BCUT2D eigenvalue weighted by atomic mass is 32.2. The summed E-state index contributed by atoms with van der Waals surface area (Å²) in [6, 6.07) is 22.9. The van der Waals surface area contributed by atoms with Crippen LogP contribution in [-0.2, 0) is 13.5 Å². The molecule has 0 amide bonds. The van der Waals surface area contributed by atoms with Gasteiger partial charge in [-0.25, -0.2) is 4.57 Å². The summed E-state index contributed by atoms with van der Waals surface area (Å²) in [7, 11) is 2.19. The monoisotopic (exact) mass is 434 g/mol. The van der Waals surface area contributed by atoms with E-state index in [0.717, 1.165) is 6.42 Å². The van der Waals surface area contributed by atoms with Crippen molar-refractivity contribution < 1.29 is 4.57 Å². The van der Waals surface area contributed by atoms with E-state index in [1.807, 2.05) is 11.8 Å². The van der Waals surface area contributed by atoms with Crippen molar-refractivity contribution in [3.63, 3.8) is 0 Å². The SMILES string of the molecule is Cc1c2c(cc3ccccc13)Sc1cc3ccc(CC(C)(C)C)cc3c3cc[n+](C)c-2c13. The molecule has 0 fully saturated rings. The second-order valence-electron chi connectivity index (χ2n) is 10.4. The molecular weight excluding hydrogens is 406 g/mol. The zero-order valence-electron chi connectivity index (χ0n) is 19.4. The van der Waals surface area contributed by atoms with Gasteiger partial charge in [-0.15, -0.1) is 0 Å². The van der Waals surface area contributed by atoms with Crippen molar-refractivity contribution in [3.05, 3.63) is 78.0 Å². The van der Waals surface area contributed by atoms with E-state index >= 15 is 0 Å². The molecule has 1 nitrogen and oxygen atoms in total. The van der Waals surface area contributed by atoms with E-state index < -0.39 is 0 Å². The van der Waals surface area contributed by atoms with E-state index in [2.05, 4.69) is 106 Å². The molecule has 2 heteroatoms. The van der Waals surface area contributed by atoms with Gasteiger partial charge in [0.15, 0.2) is 6.20 Å². The van der Waals surface area contributed by atoms with Crippen molar-refractivity contribution in [1.29, 1.82) is 0 Å². The van der Waals surface area contributed by atoms with Crippen molar-refractivity contribution in [1.82, 2.24) is 0 Å². The lowest BCUT2D eigenvalue weighted by atomic mass is 9.86. The summed E-state index contributed by atoms with van der Waals surface area (Å²) >= 11 is 1.93. The van der Waals surface area contributed by atoms with E-state index in [1.54, 1.807) is 0 Å². The van der Waals surface area contributed by atoms with Crippen LogP contribution in [-0.4, -0.2) is 0 Å². The molecule has 1 aliphatic rings. The quantitative estimate of drug-likeness (QED) is 0.187. The van der Waals surface area contributed by atoms with Gasteiger partial charge in [-0.05, 0) is 63.6 Å². The Labute approximate surface area is 194 Å². The first-order valence-corrected chi connectivity index (χ1v) is 12.2. The minimum atomic E-state index is 0.277. The van der Waals surface area contributed by atoms with Gasteiger partial charge in [0.2, 0.25) is 5.69 Å². The molecule has 158 valence electrons. The zero-order valence-corrected chi connectivity index (χ0v) is 20.2. The summed E-state index contributed by atoms with van der Waals surface area (Å²) in [6.07, 6.45) is 3.33. The third-order valence-electron chi connectivity index (χ3n) is 6.73. The molecule has 0 saturated heterocycles. The third-order valence-corrected chi connectivity index (χ3v) is 7.81. The van der Waals surface area contributed by atoms with E-state index in [9.17, 15) is 0 Å². The highest BCUT2D eigenvalue weighted by Gasteiger charge is 2.30. The maximum Gasteiger partial charge on any atom is 0.222 e. The number of pyridine rings is 1. The van der Waals surface area contributed by atoms with E-state index in [1.165, 1.54) is 64.5 Å². The molecule has 0 atom stereocenters. The van der Waals surface area contributed by atoms with Crippen LogP contribution in [0.5, 0.6) is 0 Å². The fourth-order valence-corrected chi connectivity index (χ4v) is 6.66. The number of hydrogen-bond donors (Lipinski definition) is 0. The molecule has 5 aromatic rings. The van der Waals surface area contributed by atoms with Gasteiger partial charge in [0, 0.05) is 21.2 Å². The van der Waals surface area contributed by atoms with Crippen LogP contribution >= 0.6 is 11.8 Å². The second-order valence-corrected chi connectivity index (χ2v) is 11.5. The number of rotatable bonds is 1. The summed E-state index contributed by atoms with van der Waals surface area (Å²) in [5.41, 5.74) is 5.80. The number of nitrogens with zero attached hydrogens (tertiary/aromatic N) is 1. The average molecular weight is 435 g/mol. The predicted molar refractivity (Wildman–Crippen MR) is 138 cm³/mol. The Hall–Kier alpha value is -2.84. The number of aromatic nitrogens is 1. The van der Waals surface area contributed by atoms with Crippen LogP contribution in [0.4, 0.5) is 0 Å². The van der Waals surface area contributed by atoms with Crippen molar-refractivity contribution in [3.8, 4) is 11.3 Å². The Morgan fingerprint density at radius 1 is 0.812 bits per heavy atom. The maximum absolute atomic E-state index is 2.43. The molecule has 0 saturated carbocycles. The topological polar surface area (TPSA) is 3.88 Å². The van der Waals surface area contributed by atoms with Crippen LogP contribution in [0.15, 0.2) is 76.7 Å². The molecule has 6 rings (SSSR count). The standard InChI is InChI=1S/C30H28NS/c1-18-22-9-7-6-8-20(22)15-25-27(18)29-28-23(12-13-31(29)5)24-14-19(17-30(2,3)4)10-11-21(24)16-26(28)32-25/h6-16H,17H2,1-5H3/q+1. The minimum absolute atomic E-state index is 0.277. The van der Waals surface area contributed by atoms with Crippen LogP contribution in [0.1, 0.15) is 31.9 Å². The maximum atomic E-state index is 2.43. The Balaban J connectivity index is 1.71. The first-order chi connectivity index (χ1) is 15.3. The number of fused-ring (bicyclic) bond motifs is 5. The van der Waals surface area contributed by atoms with Crippen LogP contribution in [0, 0.1) is 12.3 Å². The molecule has 0 radical (unpaired) electrons. The van der Waals surface area contributed by atoms with Crippen molar-refractivity contribution in [2.24, 2.45) is 12.5 Å². The highest BCUT2D eigenvalue weighted by molar-refractivity contribution is 7.99. The van der Waals surface area contributed by atoms with Gasteiger partial charge in [-0.2, -0.15) is 0 Å². The predicted octanol–water partition coefficient (Wildman–Crippen LogP) is 8.00. The van der Waals surface area contributed by atoms with E-state index in [0.29, 0.717) is 0 Å². The largest absolute Gasteiger partial charge is 0.222 e.